The third-order valence-corrected chi connectivity index (χ3v) is 2.57. The van der Waals surface area contributed by atoms with E-state index in [0.29, 0.717) is 5.69 Å². The molecule has 1 aromatic heterocycles. The molecule has 98 valence electrons. The number of phenols is 1. The number of carbonyl (C=O) groups excluding carboxylic acids is 1. The molecule has 0 atom stereocenters. The third kappa shape index (κ3) is 3.93. The van der Waals surface area contributed by atoms with E-state index in [9.17, 15) is 4.79 Å². The maximum atomic E-state index is 11.8. The van der Waals surface area contributed by atoms with Crippen LogP contribution in [0.4, 0.5) is 5.95 Å². The van der Waals surface area contributed by atoms with Crippen molar-refractivity contribution in [2.75, 3.05) is 5.32 Å². The Bertz CT molecular complexity index is 579. The quantitative estimate of drug-likeness (QED) is 0.845. The molecule has 0 fully saturated rings. The molecule has 0 bridgehead atoms. The molecule has 0 aliphatic heterocycles. The van der Waals surface area contributed by atoms with Gasteiger partial charge in [0.05, 0.1) is 6.42 Å². The van der Waals surface area contributed by atoms with E-state index in [4.69, 9.17) is 16.7 Å². The highest BCUT2D eigenvalue weighted by atomic mass is 35.5. The summed E-state index contributed by atoms with van der Waals surface area (Å²) in [6.07, 6.45) is 0.176. The van der Waals surface area contributed by atoms with Crippen molar-refractivity contribution in [3.05, 3.63) is 46.7 Å². The van der Waals surface area contributed by atoms with E-state index < -0.39 is 0 Å². The summed E-state index contributed by atoms with van der Waals surface area (Å²) in [7, 11) is 0. The minimum atomic E-state index is -0.243. The molecule has 1 heterocycles. The summed E-state index contributed by atoms with van der Waals surface area (Å²) in [5.41, 5.74) is 1.47. The van der Waals surface area contributed by atoms with Crippen molar-refractivity contribution in [1.29, 1.82) is 0 Å². The van der Waals surface area contributed by atoms with Gasteiger partial charge in [-0.3, -0.25) is 10.1 Å². The van der Waals surface area contributed by atoms with Gasteiger partial charge in [0.25, 0.3) is 0 Å². The van der Waals surface area contributed by atoms with Gasteiger partial charge in [-0.25, -0.2) is 9.97 Å². The van der Waals surface area contributed by atoms with Crippen LogP contribution < -0.4 is 5.32 Å². The fourth-order valence-electron chi connectivity index (χ4n) is 1.55. The first-order chi connectivity index (χ1) is 9.02. The van der Waals surface area contributed by atoms with E-state index in [2.05, 4.69) is 15.3 Å². The second-order valence-electron chi connectivity index (χ2n) is 4.05. The van der Waals surface area contributed by atoms with Gasteiger partial charge < -0.3 is 5.11 Å². The van der Waals surface area contributed by atoms with Crippen molar-refractivity contribution < 1.29 is 9.90 Å². The fraction of sp³-hybridized carbons (Fsp3) is 0.154. The number of hydrogen-bond acceptors (Lipinski definition) is 4. The molecular weight excluding hydrogens is 266 g/mol. The highest BCUT2D eigenvalue weighted by molar-refractivity contribution is 6.29. The Hall–Kier alpha value is -2.14. The van der Waals surface area contributed by atoms with Crippen LogP contribution >= 0.6 is 11.6 Å². The molecule has 1 amide bonds. The topological polar surface area (TPSA) is 75.1 Å². The van der Waals surface area contributed by atoms with Crippen LogP contribution in [0.2, 0.25) is 5.15 Å². The number of aromatic hydroxyl groups is 1. The molecule has 0 saturated carbocycles. The van der Waals surface area contributed by atoms with Crippen LogP contribution in [0.15, 0.2) is 30.3 Å². The molecule has 5 nitrogen and oxygen atoms in total. The van der Waals surface area contributed by atoms with Crippen LogP contribution in [0, 0.1) is 6.92 Å². The van der Waals surface area contributed by atoms with Gasteiger partial charge >= 0.3 is 0 Å². The lowest BCUT2D eigenvalue weighted by atomic mass is 10.1. The Morgan fingerprint density at radius 1 is 1.32 bits per heavy atom. The zero-order valence-corrected chi connectivity index (χ0v) is 11.0. The number of phenolic OH excluding ortho intramolecular Hbond substituents is 1. The highest BCUT2D eigenvalue weighted by Gasteiger charge is 2.07. The number of nitrogens with one attached hydrogen (secondary N) is 1. The molecule has 0 radical (unpaired) electrons. The summed E-state index contributed by atoms with van der Waals surface area (Å²) < 4.78 is 0. The SMILES string of the molecule is Cc1cc(Cl)nc(NC(=O)Cc2ccc(O)cc2)n1. The number of anilines is 1. The van der Waals surface area contributed by atoms with Crippen molar-refractivity contribution >= 4 is 23.5 Å². The predicted octanol–water partition coefficient (Wildman–Crippen LogP) is 2.33. The maximum Gasteiger partial charge on any atom is 0.231 e. The summed E-state index contributed by atoms with van der Waals surface area (Å²) >= 11 is 5.78. The first kappa shape index (κ1) is 13.3. The average Bonchev–Trinajstić information content (AvgIpc) is 2.30. The van der Waals surface area contributed by atoms with E-state index in [1.165, 1.54) is 12.1 Å². The molecule has 0 unspecified atom stereocenters. The lowest BCUT2D eigenvalue weighted by Gasteiger charge is -2.05. The molecule has 0 spiro atoms. The largest absolute Gasteiger partial charge is 0.508 e. The van der Waals surface area contributed by atoms with Gasteiger partial charge in [-0.05, 0) is 30.7 Å². The molecule has 0 aliphatic rings. The van der Waals surface area contributed by atoms with E-state index in [1.807, 2.05) is 0 Å². The minimum Gasteiger partial charge on any atom is -0.508 e. The number of carbonyl (C=O) groups is 1. The second-order valence-corrected chi connectivity index (χ2v) is 4.43. The van der Waals surface area contributed by atoms with Crippen molar-refractivity contribution in [2.24, 2.45) is 0 Å². The van der Waals surface area contributed by atoms with Crippen molar-refractivity contribution in [3.8, 4) is 5.75 Å². The Labute approximate surface area is 115 Å². The Morgan fingerprint density at radius 2 is 2.00 bits per heavy atom. The van der Waals surface area contributed by atoms with Crippen LogP contribution in [-0.4, -0.2) is 21.0 Å². The first-order valence-corrected chi connectivity index (χ1v) is 5.99. The third-order valence-electron chi connectivity index (χ3n) is 2.38. The van der Waals surface area contributed by atoms with Crippen molar-refractivity contribution in [2.45, 2.75) is 13.3 Å². The van der Waals surface area contributed by atoms with Gasteiger partial charge in [0.15, 0.2) is 0 Å². The fourth-order valence-corrected chi connectivity index (χ4v) is 1.79. The molecule has 2 N–H and O–H groups in total. The van der Waals surface area contributed by atoms with Gasteiger partial charge in [0, 0.05) is 5.69 Å². The van der Waals surface area contributed by atoms with Crippen LogP contribution in [0.1, 0.15) is 11.3 Å². The monoisotopic (exact) mass is 277 g/mol. The van der Waals surface area contributed by atoms with Gasteiger partial charge in [-0.1, -0.05) is 23.7 Å². The number of nitrogens with zero attached hydrogens (tertiary/aromatic N) is 2. The van der Waals surface area contributed by atoms with Gasteiger partial charge in [0.2, 0.25) is 11.9 Å². The van der Waals surface area contributed by atoms with Crippen LogP contribution in [0.3, 0.4) is 0 Å². The zero-order valence-electron chi connectivity index (χ0n) is 10.2. The number of hydrogen-bond donors (Lipinski definition) is 2. The number of benzene rings is 1. The normalized spacial score (nSPS) is 10.2. The summed E-state index contributed by atoms with van der Waals surface area (Å²) in [4.78, 5) is 19.8. The highest BCUT2D eigenvalue weighted by Crippen LogP contribution is 2.12. The standard InChI is InChI=1S/C13H12ClN3O2/c1-8-6-11(14)16-13(15-8)17-12(19)7-9-2-4-10(18)5-3-9/h2-6,18H,7H2,1H3,(H,15,16,17,19). The number of aromatic nitrogens is 2. The molecule has 19 heavy (non-hydrogen) atoms. The molecule has 0 saturated heterocycles. The summed E-state index contributed by atoms with van der Waals surface area (Å²) in [6, 6.07) is 8.03. The summed E-state index contributed by atoms with van der Waals surface area (Å²) in [6.45, 7) is 1.77. The molecule has 2 aromatic rings. The zero-order chi connectivity index (χ0) is 13.8. The Balaban J connectivity index is 2.03. The minimum absolute atomic E-state index is 0.165. The smallest absolute Gasteiger partial charge is 0.231 e. The Kier molecular flexibility index (Phi) is 3.97. The maximum absolute atomic E-state index is 11.8. The van der Waals surface area contributed by atoms with Crippen molar-refractivity contribution in [1.82, 2.24) is 9.97 Å². The molecule has 1 aromatic carbocycles. The summed E-state index contributed by atoms with van der Waals surface area (Å²) in [5.74, 6) is 0.110. The molecule has 6 heteroatoms. The lowest BCUT2D eigenvalue weighted by molar-refractivity contribution is -0.115. The average molecular weight is 278 g/mol. The summed E-state index contributed by atoms with van der Waals surface area (Å²) in [5, 5.41) is 12.0. The van der Waals surface area contributed by atoms with E-state index in [1.54, 1.807) is 25.1 Å². The van der Waals surface area contributed by atoms with E-state index >= 15 is 0 Å². The van der Waals surface area contributed by atoms with Crippen LogP contribution in [0.25, 0.3) is 0 Å². The molecule has 0 aliphatic carbocycles. The molecule has 2 rings (SSSR count). The Morgan fingerprint density at radius 3 is 2.63 bits per heavy atom. The number of rotatable bonds is 3. The lowest BCUT2D eigenvalue weighted by Crippen LogP contribution is -2.16. The number of aryl methyl sites for hydroxylation is 1. The van der Waals surface area contributed by atoms with Crippen LogP contribution in [0.5, 0.6) is 5.75 Å². The van der Waals surface area contributed by atoms with Crippen molar-refractivity contribution in [3.63, 3.8) is 0 Å². The van der Waals surface area contributed by atoms with Gasteiger partial charge in [-0.15, -0.1) is 0 Å². The second kappa shape index (κ2) is 5.67. The van der Waals surface area contributed by atoms with Crippen LogP contribution in [-0.2, 0) is 11.2 Å². The predicted molar refractivity (Wildman–Crippen MR) is 72.2 cm³/mol. The molecular formula is C13H12ClN3O2. The van der Waals surface area contributed by atoms with E-state index in [0.717, 1.165) is 5.56 Å². The number of amides is 1. The van der Waals surface area contributed by atoms with E-state index in [-0.39, 0.29) is 29.2 Å². The number of halogens is 1. The first-order valence-electron chi connectivity index (χ1n) is 5.62. The van der Waals surface area contributed by atoms with Gasteiger partial charge in [0.1, 0.15) is 10.9 Å². The van der Waals surface area contributed by atoms with Gasteiger partial charge in [-0.2, -0.15) is 0 Å².